The summed E-state index contributed by atoms with van der Waals surface area (Å²) in [6.45, 7) is 0. The van der Waals surface area contributed by atoms with Gasteiger partial charge < -0.3 is 0 Å². The van der Waals surface area contributed by atoms with E-state index in [2.05, 4.69) is 20.9 Å². The first-order valence-electron chi connectivity index (χ1n) is 2.82. The smallest absolute Gasteiger partial charge is 0.234 e. The molecule has 0 saturated heterocycles. The maximum Gasteiger partial charge on any atom is 0.280 e. The number of nitrogens with zero attached hydrogens (tertiary/aromatic N) is 1. The quantitative estimate of drug-likeness (QED) is 0.539. The molecule has 0 N–H and O–H groups in total. The summed E-state index contributed by atoms with van der Waals surface area (Å²) >= 11 is 10.6. The zero-order valence-electron chi connectivity index (χ0n) is 5.49. The van der Waals surface area contributed by atoms with Crippen molar-refractivity contribution in [3.05, 3.63) is 25.0 Å². The Kier molecular flexibility index (Phi) is 3.66. The van der Waals surface area contributed by atoms with Crippen LogP contribution in [0.4, 0.5) is 8.78 Å². The van der Waals surface area contributed by atoms with Crippen LogP contribution in [-0.2, 0) is 0 Å². The minimum Gasteiger partial charge on any atom is -0.234 e. The molecule has 0 unspecified atom stereocenters. The van der Waals surface area contributed by atoms with E-state index in [-0.39, 0.29) is 10.8 Å². The van der Waals surface area contributed by atoms with Crippen LogP contribution >= 0.6 is 50.1 Å². The van der Waals surface area contributed by atoms with Crippen LogP contribution in [-0.4, -0.2) is 4.98 Å². The third-order valence-corrected chi connectivity index (χ3v) is 4.01. The Morgan fingerprint density at radius 3 is 2.58 bits per heavy atom. The van der Waals surface area contributed by atoms with Gasteiger partial charge in [0.05, 0.1) is 4.47 Å². The Bertz CT molecular complexity index is 285. The first-order chi connectivity index (χ1) is 5.52. The highest BCUT2D eigenvalue weighted by molar-refractivity contribution is 14.1. The normalized spacial score (nSPS) is 10.8. The average molecular weight is 368 g/mol. The van der Waals surface area contributed by atoms with E-state index in [0.717, 1.165) is 0 Å². The van der Waals surface area contributed by atoms with E-state index in [1.54, 1.807) is 0 Å². The molecule has 0 fully saturated rings. The molecule has 0 saturated carbocycles. The van der Waals surface area contributed by atoms with E-state index >= 15 is 0 Å². The van der Waals surface area contributed by atoms with Crippen molar-refractivity contribution in [2.45, 2.75) is 6.43 Å². The lowest BCUT2D eigenvalue weighted by atomic mass is 10.4. The van der Waals surface area contributed by atoms with Crippen molar-refractivity contribution in [3.8, 4) is 0 Å². The second-order valence-electron chi connectivity index (χ2n) is 1.93. The van der Waals surface area contributed by atoms with Gasteiger partial charge in [0, 0.05) is 3.57 Å². The van der Waals surface area contributed by atoms with Gasteiger partial charge in [0.15, 0.2) is 0 Å². The van der Waals surface area contributed by atoms with E-state index in [9.17, 15) is 8.78 Å². The highest BCUT2D eigenvalue weighted by Gasteiger charge is 2.13. The summed E-state index contributed by atoms with van der Waals surface area (Å²) in [6.07, 6.45) is -2.58. The number of hydrogen-bond donors (Lipinski definition) is 0. The van der Waals surface area contributed by atoms with Crippen molar-refractivity contribution in [2.24, 2.45) is 0 Å². The Morgan fingerprint density at radius 2 is 2.17 bits per heavy atom. The lowest BCUT2D eigenvalue weighted by Gasteiger charge is -2.02. The Hall–Kier alpha value is 0.510. The van der Waals surface area contributed by atoms with E-state index in [0.29, 0.717) is 8.04 Å². The summed E-state index contributed by atoms with van der Waals surface area (Å²) < 4.78 is 25.4. The molecule has 0 aromatic carbocycles. The fourth-order valence-corrected chi connectivity index (χ4v) is 1.73. The molecule has 0 spiro atoms. The van der Waals surface area contributed by atoms with E-state index in [4.69, 9.17) is 11.6 Å². The second-order valence-corrected chi connectivity index (χ2v) is 4.25. The van der Waals surface area contributed by atoms with Gasteiger partial charge in [-0.15, -0.1) is 0 Å². The van der Waals surface area contributed by atoms with Gasteiger partial charge in [0.25, 0.3) is 6.43 Å². The summed E-state index contributed by atoms with van der Waals surface area (Å²) in [6, 6.07) is 1.29. The number of halogens is 5. The van der Waals surface area contributed by atoms with Crippen LogP contribution in [0.2, 0.25) is 5.15 Å². The fraction of sp³-hybridized carbons (Fsp3) is 0.167. The minimum atomic E-state index is -2.58. The van der Waals surface area contributed by atoms with Crippen molar-refractivity contribution in [1.29, 1.82) is 0 Å². The van der Waals surface area contributed by atoms with Gasteiger partial charge >= 0.3 is 0 Å². The van der Waals surface area contributed by atoms with Gasteiger partial charge in [-0.1, -0.05) is 11.6 Å². The summed E-state index contributed by atoms with van der Waals surface area (Å²) in [7, 11) is 0. The van der Waals surface area contributed by atoms with Crippen LogP contribution in [0.5, 0.6) is 0 Å². The van der Waals surface area contributed by atoms with Crippen LogP contribution in [0.15, 0.2) is 10.5 Å². The van der Waals surface area contributed by atoms with Gasteiger partial charge in [-0.2, -0.15) is 0 Å². The number of pyridine rings is 1. The summed E-state index contributed by atoms with van der Waals surface area (Å²) in [5, 5.41) is 0.0669. The average Bonchev–Trinajstić information content (AvgIpc) is 1.99. The van der Waals surface area contributed by atoms with Crippen molar-refractivity contribution in [2.75, 3.05) is 0 Å². The van der Waals surface area contributed by atoms with Crippen LogP contribution in [0.3, 0.4) is 0 Å². The fourth-order valence-electron chi connectivity index (χ4n) is 0.598. The molecule has 0 aliphatic heterocycles. The third kappa shape index (κ3) is 2.26. The molecule has 0 aliphatic rings. The molecular formula is C6H2BrClF2IN. The molecule has 12 heavy (non-hydrogen) atoms. The molecule has 6 heteroatoms. The van der Waals surface area contributed by atoms with Gasteiger partial charge in [-0.25, -0.2) is 13.8 Å². The molecule has 0 radical (unpaired) electrons. The first kappa shape index (κ1) is 10.6. The van der Waals surface area contributed by atoms with E-state index in [1.807, 2.05) is 22.6 Å². The Labute approximate surface area is 94.8 Å². The summed E-state index contributed by atoms with van der Waals surface area (Å²) in [5.41, 5.74) is -0.299. The lowest BCUT2D eigenvalue weighted by molar-refractivity contribution is 0.146. The predicted octanol–water partition coefficient (Wildman–Crippen LogP) is 4.04. The maximum atomic E-state index is 12.1. The highest BCUT2D eigenvalue weighted by Crippen LogP contribution is 2.29. The molecule has 1 heterocycles. The first-order valence-corrected chi connectivity index (χ1v) is 5.07. The molecule has 1 aromatic rings. The van der Waals surface area contributed by atoms with E-state index < -0.39 is 6.43 Å². The second kappa shape index (κ2) is 4.15. The third-order valence-electron chi connectivity index (χ3n) is 1.12. The largest absolute Gasteiger partial charge is 0.280 e. The van der Waals surface area contributed by atoms with Gasteiger partial charge in [0.1, 0.15) is 10.8 Å². The zero-order chi connectivity index (χ0) is 9.30. The number of rotatable bonds is 1. The molecule has 1 nitrogen and oxygen atoms in total. The Balaban J connectivity index is 3.21. The van der Waals surface area contributed by atoms with Crippen LogP contribution < -0.4 is 0 Å². The topological polar surface area (TPSA) is 12.9 Å². The van der Waals surface area contributed by atoms with Gasteiger partial charge in [-0.3, -0.25) is 0 Å². The lowest BCUT2D eigenvalue weighted by Crippen LogP contribution is -1.92. The van der Waals surface area contributed by atoms with Crippen molar-refractivity contribution >= 4 is 50.1 Å². The van der Waals surface area contributed by atoms with Gasteiger partial charge in [-0.05, 0) is 44.6 Å². The van der Waals surface area contributed by atoms with Crippen LogP contribution in [0, 0.1) is 3.57 Å². The molecule has 0 amide bonds. The standard InChI is InChI=1S/C6H2BrClF2IN/c7-4-2(11)1-3(6(9)10)12-5(4)8/h1,6H. The zero-order valence-corrected chi connectivity index (χ0v) is 9.99. The number of hydrogen-bond acceptors (Lipinski definition) is 1. The number of alkyl halides is 2. The molecule has 0 bridgehead atoms. The molecule has 1 aromatic heterocycles. The van der Waals surface area contributed by atoms with Crippen molar-refractivity contribution < 1.29 is 8.78 Å². The van der Waals surface area contributed by atoms with Crippen molar-refractivity contribution in [1.82, 2.24) is 4.98 Å². The SMILES string of the molecule is FC(F)c1cc(I)c(Br)c(Cl)n1. The maximum absolute atomic E-state index is 12.1. The predicted molar refractivity (Wildman–Crippen MR) is 54.6 cm³/mol. The molecule has 0 aliphatic carbocycles. The summed E-state index contributed by atoms with van der Waals surface area (Å²) in [4.78, 5) is 3.50. The molecule has 0 atom stereocenters. The van der Waals surface area contributed by atoms with Crippen LogP contribution in [0.25, 0.3) is 0 Å². The highest BCUT2D eigenvalue weighted by atomic mass is 127. The molecular weight excluding hydrogens is 366 g/mol. The molecule has 66 valence electrons. The monoisotopic (exact) mass is 367 g/mol. The van der Waals surface area contributed by atoms with Crippen molar-refractivity contribution in [3.63, 3.8) is 0 Å². The summed E-state index contributed by atoms with van der Waals surface area (Å²) in [5.74, 6) is 0. The minimum absolute atomic E-state index is 0.0669. The van der Waals surface area contributed by atoms with Gasteiger partial charge in [0.2, 0.25) is 0 Å². The molecule has 1 rings (SSSR count). The number of aromatic nitrogens is 1. The van der Waals surface area contributed by atoms with E-state index in [1.165, 1.54) is 6.07 Å². The van der Waals surface area contributed by atoms with Crippen LogP contribution in [0.1, 0.15) is 12.1 Å². The Morgan fingerprint density at radius 1 is 1.58 bits per heavy atom.